The van der Waals surface area contributed by atoms with E-state index < -0.39 is 0 Å². The van der Waals surface area contributed by atoms with Gasteiger partial charge >= 0.3 is 0 Å². The van der Waals surface area contributed by atoms with Crippen LogP contribution in [0.25, 0.3) is 0 Å². The van der Waals surface area contributed by atoms with Crippen molar-refractivity contribution in [2.75, 3.05) is 19.0 Å². The predicted octanol–water partition coefficient (Wildman–Crippen LogP) is 2.83. The molecule has 1 aromatic carbocycles. The molecular weight excluding hydrogens is 296 g/mol. The van der Waals surface area contributed by atoms with Crippen molar-refractivity contribution in [3.63, 3.8) is 0 Å². The molecule has 0 bridgehead atoms. The molecule has 1 amide bonds. The molecule has 0 fully saturated rings. The van der Waals surface area contributed by atoms with E-state index in [1.54, 1.807) is 31.4 Å². The summed E-state index contributed by atoms with van der Waals surface area (Å²) in [5.74, 6) is 2.11. The first-order valence-corrected chi connectivity index (χ1v) is 7.70. The summed E-state index contributed by atoms with van der Waals surface area (Å²) >= 11 is 0. The Balaban J connectivity index is 1.56. The third kappa shape index (κ3) is 3.64. The maximum atomic E-state index is 12.0. The molecule has 1 aliphatic rings. The maximum absolute atomic E-state index is 12.0. The second-order valence-electron chi connectivity index (χ2n) is 5.80. The summed E-state index contributed by atoms with van der Waals surface area (Å²) in [6.45, 7) is 2.10. The number of ether oxygens (including phenoxy) is 2. The smallest absolute Gasteiger partial charge is 0.264 e. The van der Waals surface area contributed by atoms with Crippen molar-refractivity contribution in [3.05, 3.63) is 35.5 Å². The van der Waals surface area contributed by atoms with Crippen molar-refractivity contribution in [3.8, 4) is 11.5 Å². The van der Waals surface area contributed by atoms with E-state index in [0.29, 0.717) is 17.6 Å². The molecule has 1 heterocycles. The Kier molecular flexibility index (Phi) is 4.50. The van der Waals surface area contributed by atoms with Gasteiger partial charge in [0.25, 0.3) is 5.91 Å². The van der Waals surface area contributed by atoms with Gasteiger partial charge in [0.1, 0.15) is 11.5 Å². The number of amides is 1. The first-order chi connectivity index (χ1) is 11.2. The Morgan fingerprint density at radius 1 is 1.35 bits per heavy atom. The molecule has 3 rings (SSSR count). The van der Waals surface area contributed by atoms with Crippen LogP contribution in [0.3, 0.4) is 0 Å². The lowest BCUT2D eigenvalue weighted by Gasteiger charge is -2.16. The van der Waals surface area contributed by atoms with Gasteiger partial charge in [-0.2, -0.15) is 0 Å². The maximum Gasteiger partial charge on any atom is 0.264 e. The monoisotopic (exact) mass is 316 g/mol. The SMILES string of the molecule is COc1ccc(OCC(=O)Nc2onc3c2CC(C)CC3)cc1. The van der Waals surface area contributed by atoms with Crippen LogP contribution in [0, 0.1) is 5.92 Å². The fraction of sp³-hybridized carbons (Fsp3) is 0.412. The molecule has 0 saturated heterocycles. The number of hydrogen-bond donors (Lipinski definition) is 1. The summed E-state index contributed by atoms with van der Waals surface area (Å²) in [6.07, 6.45) is 2.89. The van der Waals surface area contributed by atoms with Gasteiger partial charge in [0, 0.05) is 5.56 Å². The van der Waals surface area contributed by atoms with Crippen molar-refractivity contribution in [1.29, 1.82) is 0 Å². The zero-order valence-corrected chi connectivity index (χ0v) is 13.3. The molecule has 6 nitrogen and oxygen atoms in total. The molecule has 1 N–H and O–H groups in total. The van der Waals surface area contributed by atoms with Crippen LogP contribution < -0.4 is 14.8 Å². The number of benzene rings is 1. The van der Waals surface area contributed by atoms with Gasteiger partial charge < -0.3 is 14.0 Å². The van der Waals surface area contributed by atoms with Gasteiger partial charge in [-0.15, -0.1) is 0 Å². The van der Waals surface area contributed by atoms with Crippen molar-refractivity contribution in [1.82, 2.24) is 5.16 Å². The molecule has 1 aromatic heterocycles. The standard InChI is InChI=1S/C17H20N2O4/c1-11-3-8-15-14(9-11)17(23-19-15)18-16(20)10-22-13-6-4-12(21-2)5-7-13/h4-7,11H,3,8-10H2,1-2H3,(H,18,20). The normalized spacial score (nSPS) is 16.5. The summed E-state index contributed by atoms with van der Waals surface area (Å²) in [6, 6.07) is 7.07. The van der Waals surface area contributed by atoms with Crippen molar-refractivity contribution >= 4 is 11.8 Å². The zero-order chi connectivity index (χ0) is 16.2. The Bertz CT molecular complexity index is 678. The number of anilines is 1. The van der Waals surface area contributed by atoms with E-state index >= 15 is 0 Å². The number of carbonyl (C=O) groups is 1. The van der Waals surface area contributed by atoms with Crippen LogP contribution in [0.2, 0.25) is 0 Å². The second kappa shape index (κ2) is 6.73. The highest BCUT2D eigenvalue weighted by atomic mass is 16.5. The van der Waals surface area contributed by atoms with Gasteiger partial charge in [0.2, 0.25) is 5.88 Å². The van der Waals surface area contributed by atoms with Crippen LogP contribution in [-0.2, 0) is 17.6 Å². The Morgan fingerprint density at radius 2 is 2.09 bits per heavy atom. The lowest BCUT2D eigenvalue weighted by atomic mass is 9.89. The summed E-state index contributed by atoms with van der Waals surface area (Å²) in [5, 5.41) is 6.78. The van der Waals surface area contributed by atoms with Crippen LogP contribution in [0.5, 0.6) is 11.5 Å². The summed E-state index contributed by atoms with van der Waals surface area (Å²) in [5.41, 5.74) is 1.97. The highest BCUT2D eigenvalue weighted by Gasteiger charge is 2.24. The van der Waals surface area contributed by atoms with Gasteiger partial charge in [0.15, 0.2) is 6.61 Å². The molecule has 0 aliphatic heterocycles. The van der Waals surface area contributed by atoms with Crippen LogP contribution in [0.4, 0.5) is 5.88 Å². The van der Waals surface area contributed by atoms with Crippen molar-refractivity contribution in [2.24, 2.45) is 5.92 Å². The van der Waals surface area contributed by atoms with Crippen LogP contribution in [0.1, 0.15) is 24.6 Å². The third-order valence-electron chi connectivity index (χ3n) is 3.98. The topological polar surface area (TPSA) is 73.6 Å². The van der Waals surface area contributed by atoms with Gasteiger partial charge in [-0.1, -0.05) is 12.1 Å². The number of nitrogens with zero attached hydrogens (tertiary/aromatic N) is 1. The molecule has 1 atom stereocenters. The van der Waals surface area contributed by atoms with Crippen LogP contribution >= 0.6 is 0 Å². The van der Waals surface area contributed by atoms with E-state index in [-0.39, 0.29) is 12.5 Å². The summed E-state index contributed by atoms with van der Waals surface area (Å²) < 4.78 is 15.8. The van der Waals surface area contributed by atoms with Gasteiger partial charge in [-0.05, 0) is 49.4 Å². The molecule has 6 heteroatoms. The number of rotatable bonds is 5. The number of hydrogen-bond acceptors (Lipinski definition) is 5. The molecule has 0 saturated carbocycles. The Morgan fingerprint density at radius 3 is 2.83 bits per heavy atom. The molecular formula is C17H20N2O4. The van der Waals surface area contributed by atoms with E-state index in [4.69, 9.17) is 14.0 Å². The fourth-order valence-corrected chi connectivity index (χ4v) is 2.66. The van der Waals surface area contributed by atoms with Gasteiger partial charge in [-0.3, -0.25) is 10.1 Å². The second-order valence-corrected chi connectivity index (χ2v) is 5.80. The highest BCUT2D eigenvalue weighted by Crippen LogP contribution is 2.30. The predicted molar refractivity (Wildman–Crippen MR) is 84.8 cm³/mol. The number of nitrogens with one attached hydrogen (secondary N) is 1. The molecule has 2 aromatic rings. The molecule has 1 unspecified atom stereocenters. The molecule has 0 radical (unpaired) electrons. The van der Waals surface area contributed by atoms with Crippen LogP contribution in [0.15, 0.2) is 28.8 Å². The minimum Gasteiger partial charge on any atom is -0.497 e. The van der Waals surface area contributed by atoms with E-state index in [1.165, 1.54) is 0 Å². The molecule has 23 heavy (non-hydrogen) atoms. The number of methoxy groups -OCH3 is 1. The lowest BCUT2D eigenvalue weighted by Crippen LogP contribution is -2.21. The average molecular weight is 316 g/mol. The minimum atomic E-state index is -0.266. The number of aryl methyl sites for hydroxylation is 1. The molecule has 1 aliphatic carbocycles. The number of fused-ring (bicyclic) bond motifs is 1. The van der Waals surface area contributed by atoms with Gasteiger partial charge in [0.05, 0.1) is 12.8 Å². The molecule has 0 spiro atoms. The van der Waals surface area contributed by atoms with E-state index in [9.17, 15) is 4.79 Å². The van der Waals surface area contributed by atoms with E-state index in [0.717, 1.165) is 36.3 Å². The van der Waals surface area contributed by atoms with E-state index in [2.05, 4.69) is 17.4 Å². The fourth-order valence-electron chi connectivity index (χ4n) is 2.66. The number of aromatic nitrogens is 1. The first-order valence-electron chi connectivity index (χ1n) is 7.70. The lowest BCUT2D eigenvalue weighted by molar-refractivity contribution is -0.118. The Hall–Kier alpha value is -2.50. The minimum absolute atomic E-state index is 0.0860. The quantitative estimate of drug-likeness (QED) is 0.918. The summed E-state index contributed by atoms with van der Waals surface area (Å²) in [7, 11) is 1.60. The van der Waals surface area contributed by atoms with Crippen molar-refractivity contribution in [2.45, 2.75) is 26.2 Å². The number of carbonyl (C=O) groups excluding carboxylic acids is 1. The Labute approximate surface area is 134 Å². The van der Waals surface area contributed by atoms with E-state index in [1.807, 2.05) is 0 Å². The largest absolute Gasteiger partial charge is 0.497 e. The average Bonchev–Trinajstić information content (AvgIpc) is 2.95. The van der Waals surface area contributed by atoms with Crippen molar-refractivity contribution < 1.29 is 18.8 Å². The first kappa shape index (κ1) is 15.4. The molecule has 122 valence electrons. The third-order valence-corrected chi connectivity index (χ3v) is 3.98. The summed E-state index contributed by atoms with van der Waals surface area (Å²) in [4.78, 5) is 12.0. The van der Waals surface area contributed by atoms with Gasteiger partial charge in [-0.25, -0.2) is 0 Å². The van der Waals surface area contributed by atoms with Crippen LogP contribution in [-0.4, -0.2) is 24.8 Å². The zero-order valence-electron chi connectivity index (χ0n) is 13.3. The highest BCUT2D eigenvalue weighted by molar-refractivity contribution is 5.91.